The van der Waals surface area contributed by atoms with Crippen LogP contribution in [-0.2, 0) is 59.5 Å². The lowest BCUT2D eigenvalue weighted by Gasteiger charge is -2.28. The monoisotopic (exact) mass is 1420 g/mol. The second-order valence-corrected chi connectivity index (χ2v) is 35.7. The number of carbonyl (C=O) groups excluding carboxylic acids is 5. The van der Waals surface area contributed by atoms with Crippen molar-refractivity contribution in [2.24, 2.45) is 0 Å². The molecule has 4 atom stereocenters. The molecule has 2 heterocycles. The maximum atomic E-state index is 11.9. The summed E-state index contributed by atoms with van der Waals surface area (Å²) >= 11 is 15.9. The van der Waals surface area contributed by atoms with Gasteiger partial charge in [0.25, 0.3) is 0 Å². The van der Waals surface area contributed by atoms with E-state index in [4.69, 9.17) is 56.0 Å². The Morgan fingerprint density at radius 1 is 0.750 bits per heavy atom. The molecule has 17 nitrogen and oxygen atoms in total. The van der Waals surface area contributed by atoms with Gasteiger partial charge in [-0.25, -0.2) is 0 Å². The van der Waals surface area contributed by atoms with Crippen LogP contribution in [0.4, 0.5) is 11.4 Å². The Bertz CT molecular complexity index is 2710. The molecular formula is C61H95Cl4N5O12S5Si. The number of nitrogens with zero attached hydrogens (tertiary/aromatic N) is 4. The molecule has 4 aromatic rings. The summed E-state index contributed by atoms with van der Waals surface area (Å²) < 4.78 is 32.6. The van der Waals surface area contributed by atoms with Crippen LogP contribution in [0.25, 0.3) is 10.8 Å². The van der Waals surface area contributed by atoms with Gasteiger partial charge in [-0.15, -0.1) is 46.9 Å². The number of rotatable bonds is 21. The lowest BCUT2D eigenvalue weighted by atomic mass is 10.1. The number of hydrogen-bond acceptors (Lipinski definition) is 21. The normalized spacial score (nSPS) is 16.4. The van der Waals surface area contributed by atoms with Gasteiger partial charge >= 0.3 is 20.2 Å². The van der Waals surface area contributed by atoms with Gasteiger partial charge in [-0.1, -0.05) is 111 Å². The zero-order chi connectivity index (χ0) is 67.8. The zero-order valence-corrected chi connectivity index (χ0v) is 62.0. The fraction of sp³-hybridized carbons (Fsp3) is 0.525. The average Bonchev–Trinajstić information content (AvgIpc) is 2.49. The maximum absolute atomic E-state index is 11.9. The van der Waals surface area contributed by atoms with Gasteiger partial charge in [0.1, 0.15) is 28.1 Å². The van der Waals surface area contributed by atoms with Crippen LogP contribution < -0.4 is 15.1 Å². The molecule has 4 aromatic carbocycles. The van der Waals surface area contributed by atoms with Gasteiger partial charge < -0.3 is 39.5 Å². The van der Waals surface area contributed by atoms with Crippen molar-refractivity contribution < 1.29 is 56.8 Å². The molecule has 2 saturated heterocycles. The van der Waals surface area contributed by atoms with Crippen LogP contribution in [0.5, 0.6) is 0 Å². The minimum Gasteiger partial charge on any atom is -0.468 e. The van der Waals surface area contributed by atoms with E-state index in [9.17, 15) is 24.0 Å². The number of ether oxygens (including phenoxy) is 3. The predicted molar refractivity (Wildman–Crippen MR) is 382 cm³/mol. The predicted octanol–water partition coefficient (Wildman–Crippen LogP) is 11.2. The third-order valence-electron chi connectivity index (χ3n) is 12.6. The van der Waals surface area contributed by atoms with E-state index < -0.39 is 33.6 Å². The minimum absolute atomic E-state index is 0.0556. The number of nitrogens with one attached hydrogen (secondary N) is 1. The van der Waals surface area contributed by atoms with Crippen LogP contribution in [0.1, 0.15) is 37.8 Å². The number of fused-ring (bicyclic) bond motifs is 1. The highest BCUT2D eigenvalue weighted by molar-refractivity contribution is 8.31. The van der Waals surface area contributed by atoms with Crippen LogP contribution in [-0.4, -0.2) is 212 Å². The molecule has 2 aliphatic heterocycles. The summed E-state index contributed by atoms with van der Waals surface area (Å²) in [6.45, 7) is 19.1. The summed E-state index contributed by atoms with van der Waals surface area (Å²) in [5.74, 6) is -0.587. The average molecular weight is 1420 g/mol. The molecule has 0 bridgehead atoms. The molecule has 0 saturated carbocycles. The molecule has 3 N–H and O–H groups in total. The second kappa shape index (κ2) is 46.9. The lowest BCUT2D eigenvalue weighted by molar-refractivity contribution is -0.143. The summed E-state index contributed by atoms with van der Waals surface area (Å²) in [4.78, 5) is 63.2. The van der Waals surface area contributed by atoms with Gasteiger partial charge in [-0.2, -0.15) is 20.2 Å². The van der Waals surface area contributed by atoms with Crippen molar-refractivity contribution in [1.29, 1.82) is 0 Å². The van der Waals surface area contributed by atoms with E-state index in [0.717, 1.165) is 58.8 Å². The van der Waals surface area contributed by atoms with E-state index in [1.807, 2.05) is 37.0 Å². The third kappa shape index (κ3) is 36.8. The number of Topliss-reactive ketones (excluding diaryl/α,β-unsaturated/α-hetero) is 2. The number of likely N-dealkylation sites (tertiary alicyclic amines) is 1. The van der Waals surface area contributed by atoms with Crippen molar-refractivity contribution in [3.8, 4) is 0 Å². The third-order valence-corrected chi connectivity index (χ3v) is 18.9. The quantitative estimate of drug-likeness (QED) is 0.0177. The van der Waals surface area contributed by atoms with Gasteiger partial charge in [0.15, 0.2) is 11.6 Å². The fourth-order valence-electron chi connectivity index (χ4n) is 8.08. The summed E-state index contributed by atoms with van der Waals surface area (Å²) in [7, 11) is 16.8. The number of carbonyl (C=O) groups is 5. The number of hydrogen-bond donors (Lipinski definition) is 3. The van der Waals surface area contributed by atoms with Gasteiger partial charge in [0.2, 0.25) is 5.24 Å². The molecule has 2 aliphatic rings. The van der Waals surface area contributed by atoms with E-state index >= 15 is 0 Å². The Kier molecular flexibility index (Phi) is 46.4. The molecule has 498 valence electrons. The number of aliphatic hydroxyl groups excluding tert-OH is 2. The Balaban J connectivity index is 0. The number of halogens is 4. The van der Waals surface area contributed by atoms with E-state index in [1.165, 1.54) is 84.1 Å². The molecule has 0 spiro atoms. The van der Waals surface area contributed by atoms with Gasteiger partial charge in [-0.05, 0) is 105 Å². The Morgan fingerprint density at radius 3 is 1.55 bits per heavy atom. The number of methoxy groups -OCH3 is 3. The number of thioether (sulfide) groups is 4. The molecule has 27 heteroatoms. The Hall–Kier alpha value is -3.08. The number of esters is 2. The first-order valence-electron chi connectivity index (χ1n) is 27.5. The van der Waals surface area contributed by atoms with Gasteiger partial charge in [0, 0.05) is 111 Å². The van der Waals surface area contributed by atoms with Gasteiger partial charge in [0.05, 0.1) is 34.3 Å². The Morgan fingerprint density at radius 2 is 1.22 bits per heavy atom. The summed E-state index contributed by atoms with van der Waals surface area (Å²) in [5.41, 5.74) is 5.18. The summed E-state index contributed by atoms with van der Waals surface area (Å²) in [6.07, 6.45) is 10.4. The van der Waals surface area contributed by atoms with Crippen molar-refractivity contribution in [2.45, 2.75) is 79.5 Å². The zero-order valence-electron chi connectivity index (χ0n) is 53.9. The maximum Gasteiger partial charge on any atom is 0.323 e. The number of alkyl halides is 1. The summed E-state index contributed by atoms with van der Waals surface area (Å²) in [6, 6.07) is 33.8. The number of aliphatic hydroxyl groups is 2. The number of ketones is 2. The van der Waals surface area contributed by atoms with E-state index in [0.29, 0.717) is 4.91 Å². The largest absolute Gasteiger partial charge is 0.468 e. The standard InChI is InChI=1S/C14H18N2.C14H19NO2S.C13H23NOSi.C7H13NO2S.C5H10O2S.C5H8O2S.C3H4Cl2O.Cl2O2S/c1-15(2)12-9-5-7-11-8-6-10-13(14(11)12)16(3)4;1-17-13(16)14(18-2)8-9-15(11-14)10-12-6-4-3-5-7-12;1-15-11-14(12-16(2,3)4)10-13-8-6-5-7-9-13;1-10-6(9)7(11-2)3-4-8-5-7;2*1-4(8-2)5(7)3-6;1-2(4)3(5)6;1-5(2,3)4/h5-10H,1-4H3;3-7H,8-11H2,1-2H3;5-9H,10-12H2,1-4H3;8H,3-5H2,1-2H3;4,6H,3H2,1-2H3;6H,1,3H2,2H3;2H,1H3;. The van der Waals surface area contributed by atoms with Crippen molar-refractivity contribution >= 4 is 159 Å². The molecule has 88 heavy (non-hydrogen) atoms. The Labute approximate surface area is 562 Å². The molecule has 0 amide bonds. The number of anilines is 2. The van der Waals surface area contributed by atoms with E-state index in [-0.39, 0.29) is 44.9 Å². The van der Waals surface area contributed by atoms with Crippen molar-refractivity contribution in [2.75, 3.05) is 137 Å². The van der Waals surface area contributed by atoms with Gasteiger partial charge in [-0.3, -0.25) is 33.8 Å². The molecule has 4 unspecified atom stereocenters. The SMILES string of the molecule is C=C(SC)C(=O)CO.CC(Cl)C(=O)Cl.CN(C)c1cccc2cccc(N(C)C)c12.COC(=O)C1(SC)CCN(Cc2ccccc2)C1.COC(=O)C1(SC)CCNC1.COCN(Cc1ccccc1)C[Si](C)(C)C.CSC(C)C(=O)CO.O=S(=O)(Cl)Cl. The highest BCUT2D eigenvalue weighted by Crippen LogP contribution is 2.36. The molecule has 2 fully saturated rings. The van der Waals surface area contributed by atoms with E-state index in [1.54, 1.807) is 43.8 Å². The van der Waals surface area contributed by atoms with Crippen molar-refractivity contribution in [1.82, 2.24) is 15.1 Å². The first-order chi connectivity index (χ1) is 41.1. The van der Waals surface area contributed by atoms with Crippen LogP contribution >= 0.6 is 91.6 Å². The molecular weight excluding hydrogens is 1320 g/mol. The van der Waals surface area contributed by atoms with Crippen molar-refractivity contribution in [3.63, 3.8) is 0 Å². The lowest BCUT2D eigenvalue weighted by Crippen LogP contribution is -2.40. The smallest absolute Gasteiger partial charge is 0.323 e. The highest BCUT2D eigenvalue weighted by atomic mass is 36.0. The van der Waals surface area contributed by atoms with Crippen LogP contribution in [0.2, 0.25) is 19.6 Å². The fourth-order valence-corrected chi connectivity index (χ4v) is 11.9. The first kappa shape index (κ1) is 87.0. The van der Waals surface area contributed by atoms with E-state index in [2.05, 4.69) is 180 Å². The van der Waals surface area contributed by atoms with Crippen molar-refractivity contribution in [3.05, 3.63) is 120 Å². The first-order valence-corrected chi connectivity index (χ1v) is 40.1. The molecule has 0 aromatic heterocycles. The summed E-state index contributed by atoms with van der Waals surface area (Å²) in [5, 5.41) is 21.1. The second-order valence-electron chi connectivity index (χ2n) is 21.2. The highest BCUT2D eigenvalue weighted by Gasteiger charge is 2.45. The van der Waals surface area contributed by atoms with Crippen LogP contribution in [0.3, 0.4) is 0 Å². The minimum atomic E-state index is -3.72. The van der Waals surface area contributed by atoms with Crippen LogP contribution in [0, 0.1) is 0 Å². The molecule has 6 rings (SSSR count). The molecule has 0 radical (unpaired) electrons. The topological polar surface area (TPSA) is 213 Å². The van der Waals surface area contributed by atoms with Crippen LogP contribution in [0.15, 0.2) is 109 Å². The molecule has 0 aliphatic carbocycles. The number of benzene rings is 4.